The molecule has 0 fully saturated rings. The van der Waals surface area contributed by atoms with Crippen molar-refractivity contribution in [2.24, 2.45) is 0 Å². The van der Waals surface area contributed by atoms with E-state index in [1.807, 2.05) is 0 Å². The Labute approximate surface area is 77.3 Å². The number of hydrogen-bond acceptors (Lipinski definition) is 6. The number of aliphatic carboxylic acids is 3. The van der Waals surface area contributed by atoms with E-state index in [1.165, 1.54) is 0 Å². The van der Waals surface area contributed by atoms with E-state index < -0.39 is 17.9 Å². The van der Waals surface area contributed by atoms with Crippen LogP contribution in [0.15, 0.2) is 0 Å². The summed E-state index contributed by atoms with van der Waals surface area (Å²) in [5.41, 5.74) is 0. The first-order chi connectivity index (χ1) is 4.37. The average molecular weight is 240 g/mol. The Hall–Kier alpha value is -0.850. The molecule has 0 saturated heterocycles. The molecule has 0 aliphatic carbocycles. The molecule has 0 atom stereocenters. The van der Waals surface area contributed by atoms with E-state index in [4.69, 9.17) is 29.7 Å². The number of carbonyl (C=O) groups is 3. The Morgan fingerprint density at radius 3 is 1.00 bits per heavy atom. The Morgan fingerprint density at radius 1 is 0.909 bits per heavy atom. The van der Waals surface area contributed by atoms with Gasteiger partial charge in [-0.05, 0) is 6.92 Å². The van der Waals surface area contributed by atoms with Crippen molar-refractivity contribution in [1.82, 2.24) is 0 Å². The third-order valence-corrected chi connectivity index (χ3v) is 0.167. The Morgan fingerprint density at radius 2 is 1.00 bits per heavy atom. The molecule has 0 aromatic rings. The van der Waals surface area contributed by atoms with Gasteiger partial charge in [0.05, 0.1) is 11.9 Å². The van der Waals surface area contributed by atoms with Crippen LogP contribution in [-0.4, -0.2) is 17.9 Å². The van der Waals surface area contributed by atoms with Gasteiger partial charge in [0.15, 0.2) is 0 Å². The third-order valence-electron chi connectivity index (χ3n) is 0.167. The molecule has 0 spiro atoms. The van der Waals surface area contributed by atoms with Crippen LogP contribution in [-0.2, 0) is 36.8 Å². The molecule has 0 N–H and O–H groups in total. The molecule has 0 aliphatic heterocycles. The molecule has 0 amide bonds. The van der Waals surface area contributed by atoms with Gasteiger partial charge in [0.2, 0.25) is 0 Å². The van der Waals surface area contributed by atoms with Gasteiger partial charge in [0.25, 0.3) is 0 Å². The molecule has 11 heavy (non-hydrogen) atoms. The van der Waals surface area contributed by atoms with Crippen LogP contribution in [0.25, 0.3) is 0 Å². The molecular formula is C4H3NbO6. The summed E-state index contributed by atoms with van der Waals surface area (Å²) in [5, 5.41) is 26.7. The van der Waals surface area contributed by atoms with Crippen LogP contribution < -0.4 is 15.3 Å². The minimum atomic E-state index is -2.19. The summed E-state index contributed by atoms with van der Waals surface area (Å²) in [4.78, 5) is 26.7. The molecule has 0 aliphatic rings. The number of carboxylic acids is 3. The van der Waals surface area contributed by atoms with Gasteiger partial charge in [-0.1, -0.05) is 0 Å². The van der Waals surface area contributed by atoms with Gasteiger partial charge in [-0.15, -0.1) is 0 Å². The first kappa shape index (κ1) is 16.6. The van der Waals surface area contributed by atoms with Crippen molar-refractivity contribution in [2.75, 3.05) is 0 Å². The Kier molecular flexibility index (Phi) is 13.8. The summed E-state index contributed by atoms with van der Waals surface area (Å²) >= 11 is 0. The van der Waals surface area contributed by atoms with E-state index in [0.29, 0.717) is 0 Å². The van der Waals surface area contributed by atoms with Gasteiger partial charge in [0, 0.05) is 5.97 Å². The van der Waals surface area contributed by atoms with Crippen LogP contribution in [0.5, 0.6) is 0 Å². The number of carboxylic acid groups (broad SMARTS) is 3. The smallest absolute Gasteiger partial charge is 0.550 e. The van der Waals surface area contributed by atoms with E-state index in [9.17, 15) is 0 Å². The van der Waals surface area contributed by atoms with E-state index in [0.717, 1.165) is 6.92 Å². The molecule has 0 rings (SSSR count). The Balaban J connectivity index is -0.000000114. The van der Waals surface area contributed by atoms with Gasteiger partial charge in [-0.2, -0.15) is 0 Å². The van der Waals surface area contributed by atoms with Crippen LogP contribution in [0.4, 0.5) is 0 Å². The van der Waals surface area contributed by atoms with E-state index in [2.05, 4.69) is 0 Å². The van der Waals surface area contributed by atoms with Crippen LogP contribution in [0.2, 0.25) is 0 Å². The number of hydrogen-bond donors (Lipinski definition) is 0. The van der Waals surface area contributed by atoms with Gasteiger partial charge in [-0.3, -0.25) is 0 Å². The van der Waals surface area contributed by atoms with Crippen molar-refractivity contribution >= 4 is 17.9 Å². The summed E-state index contributed by atoms with van der Waals surface area (Å²) in [6.07, 6.45) is 0. The standard InChI is InChI=1S/C2H2O4.C2H4O2.Nb/c3-1(4)2(5)6;1-2(3)4;/h(H,3,4)(H,5,6);1H3,(H,3,4);/q;;+3/p-3. The zero-order valence-electron chi connectivity index (χ0n) is 5.40. The van der Waals surface area contributed by atoms with Crippen LogP contribution >= 0.6 is 0 Å². The number of rotatable bonds is 0. The molecule has 0 heterocycles. The maximum Gasteiger partial charge on any atom is 3.00 e. The van der Waals surface area contributed by atoms with Crippen LogP contribution in [0.3, 0.4) is 0 Å². The summed E-state index contributed by atoms with van der Waals surface area (Å²) in [5.74, 6) is -5.45. The molecule has 7 heteroatoms. The maximum absolute atomic E-state index is 8.93. The topological polar surface area (TPSA) is 120 Å². The van der Waals surface area contributed by atoms with E-state index >= 15 is 0 Å². The molecule has 0 radical (unpaired) electrons. The fraction of sp³-hybridized carbons (Fsp3) is 0.250. The predicted octanol–water partition coefficient (Wildman–Crippen LogP) is -4.76. The van der Waals surface area contributed by atoms with Crippen LogP contribution in [0, 0.1) is 0 Å². The summed E-state index contributed by atoms with van der Waals surface area (Å²) in [7, 11) is 0. The molecule has 0 aromatic heterocycles. The Bertz CT molecular complexity index is 137. The van der Waals surface area contributed by atoms with Crippen molar-refractivity contribution in [3.63, 3.8) is 0 Å². The van der Waals surface area contributed by atoms with E-state index in [-0.39, 0.29) is 22.4 Å². The normalized spacial score (nSPS) is 6.27. The second-order valence-electron chi connectivity index (χ2n) is 1.07. The fourth-order valence-electron chi connectivity index (χ4n) is 0. The first-order valence-electron chi connectivity index (χ1n) is 1.97. The summed E-state index contributed by atoms with van der Waals surface area (Å²) < 4.78 is 0. The van der Waals surface area contributed by atoms with E-state index in [1.54, 1.807) is 0 Å². The first-order valence-corrected chi connectivity index (χ1v) is 1.97. The van der Waals surface area contributed by atoms with Gasteiger partial charge >= 0.3 is 22.4 Å². The van der Waals surface area contributed by atoms with Crippen molar-refractivity contribution in [2.45, 2.75) is 6.92 Å². The number of carbonyl (C=O) groups excluding carboxylic acids is 3. The third kappa shape index (κ3) is 47.1. The minimum absolute atomic E-state index is 0. The second-order valence-corrected chi connectivity index (χ2v) is 1.07. The summed E-state index contributed by atoms with van der Waals surface area (Å²) in [6.45, 7) is 0.972. The van der Waals surface area contributed by atoms with Crippen molar-refractivity contribution in [3.05, 3.63) is 0 Å². The zero-order valence-corrected chi connectivity index (χ0v) is 7.60. The molecular weight excluding hydrogens is 237 g/mol. The monoisotopic (exact) mass is 240 g/mol. The van der Waals surface area contributed by atoms with Crippen LogP contribution in [0.1, 0.15) is 6.92 Å². The van der Waals surface area contributed by atoms with Crippen molar-refractivity contribution < 1.29 is 52.1 Å². The largest absolute Gasteiger partial charge is 3.00 e. The fourth-order valence-corrected chi connectivity index (χ4v) is 0. The summed E-state index contributed by atoms with van der Waals surface area (Å²) in [6, 6.07) is 0. The molecule has 0 saturated carbocycles. The quantitative estimate of drug-likeness (QED) is 0.309. The van der Waals surface area contributed by atoms with Gasteiger partial charge in [-0.25, -0.2) is 0 Å². The molecule has 0 aromatic carbocycles. The van der Waals surface area contributed by atoms with Crippen molar-refractivity contribution in [3.8, 4) is 0 Å². The minimum Gasteiger partial charge on any atom is -0.550 e. The average Bonchev–Trinajstić information content (AvgIpc) is 1.63. The van der Waals surface area contributed by atoms with Gasteiger partial charge in [0.1, 0.15) is 0 Å². The second kappa shape index (κ2) is 9.15. The molecule has 60 valence electrons. The molecule has 0 unspecified atom stereocenters. The van der Waals surface area contributed by atoms with Gasteiger partial charge < -0.3 is 29.7 Å². The maximum atomic E-state index is 8.93. The molecule has 6 nitrogen and oxygen atoms in total. The molecule has 0 bridgehead atoms. The predicted molar refractivity (Wildman–Crippen MR) is 20.7 cm³/mol. The zero-order chi connectivity index (χ0) is 8.73. The SMILES string of the molecule is CC(=O)[O-].O=C([O-])C(=O)[O-].[Nb+3]. The van der Waals surface area contributed by atoms with Crippen molar-refractivity contribution in [1.29, 1.82) is 0 Å².